The normalized spacial score (nSPS) is 12.5. The van der Waals surface area contributed by atoms with E-state index in [1.807, 2.05) is 17.5 Å². The van der Waals surface area contributed by atoms with Gasteiger partial charge in [0.1, 0.15) is 5.69 Å². The first-order valence-corrected chi connectivity index (χ1v) is 7.69. The van der Waals surface area contributed by atoms with E-state index >= 15 is 0 Å². The number of amides is 1. The van der Waals surface area contributed by atoms with Crippen molar-refractivity contribution in [1.82, 2.24) is 10.3 Å². The van der Waals surface area contributed by atoms with Crippen LogP contribution in [0.2, 0.25) is 0 Å². The van der Waals surface area contributed by atoms with E-state index < -0.39 is 29.7 Å². The number of nitrogens with zero attached hydrogens (tertiary/aromatic N) is 1. The number of carbonyl (C=O) groups excluding carboxylic acids is 2. The van der Waals surface area contributed by atoms with Crippen LogP contribution in [-0.2, 0) is 22.3 Å². The topological polar surface area (TPSA) is 68.3 Å². The first-order chi connectivity index (χ1) is 11.3. The minimum absolute atomic E-state index is 0.303. The largest absolute Gasteiger partial charge is 0.448 e. The average molecular weight is 358 g/mol. The SMILES string of the molecule is CC(OC(=O)c1ccc(C(F)(F)F)cn1)C(=O)NCc1cccs1. The van der Waals surface area contributed by atoms with E-state index in [0.29, 0.717) is 12.7 Å². The second kappa shape index (κ2) is 7.43. The maximum Gasteiger partial charge on any atom is 0.417 e. The zero-order valence-corrected chi connectivity index (χ0v) is 13.3. The maximum absolute atomic E-state index is 12.4. The minimum Gasteiger partial charge on any atom is -0.448 e. The molecule has 0 fully saturated rings. The number of pyridine rings is 1. The van der Waals surface area contributed by atoms with Gasteiger partial charge in [-0.15, -0.1) is 11.3 Å². The summed E-state index contributed by atoms with van der Waals surface area (Å²) in [5.41, 5.74) is -1.28. The molecule has 0 saturated carbocycles. The van der Waals surface area contributed by atoms with Crippen molar-refractivity contribution >= 4 is 23.2 Å². The van der Waals surface area contributed by atoms with Gasteiger partial charge in [-0.05, 0) is 30.5 Å². The molecule has 0 bridgehead atoms. The number of halogens is 3. The van der Waals surface area contributed by atoms with Crippen LogP contribution in [0.3, 0.4) is 0 Å². The zero-order chi connectivity index (χ0) is 17.7. The molecule has 128 valence electrons. The Morgan fingerprint density at radius 3 is 2.62 bits per heavy atom. The van der Waals surface area contributed by atoms with Gasteiger partial charge < -0.3 is 10.1 Å². The summed E-state index contributed by atoms with van der Waals surface area (Å²) < 4.78 is 42.2. The summed E-state index contributed by atoms with van der Waals surface area (Å²) in [6.07, 6.45) is -5.09. The van der Waals surface area contributed by atoms with Crippen LogP contribution in [0, 0.1) is 0 Å². The summed E-state index contributed by atoms with van der Waals surface area (Å²) in [5, 5.41) is 4.46. The van der Waals surface area contributed by atoms with Crippen LogP contribution in [0.15, 0.2) is 35.8 Å². The summed E-state index contributed by atoms with van der Waals surface area (Å²) in [7, 11) is 0. The smallest absolute Gasteiger partial charge is 0.417 e. The molecular formula is C15H13F3N2O3S. The van der Waals surface area contributed by atoms with Crippen LogP contribution < -0.4 is 5.32 Å². The highest BCUT2D eigenvalue weighted by Gasteiger charge is 2.31. The molecule has 0 aromatic carbocycles. The number of esters is 1. The zero-order valence-electron chi connectivity index (χ0n) is 12.5. The standard InChI is InChI=1S/C15H13F3N2O3S/c1-9(13(21)20-8-11-3-2-6-24-11)23-14(22)12-5-4-10(7-19-12)15(16,17)18/h2-7,9H,8H2,1H3,(H,20,21). The first kappa shape index (κ1) is 17.9. The molecule has 0 saturated heterocycles. The number of aromatic nitrogens is 1. The van der Waals surface area contributed by atoms with Gasteiger partial charge in [0.25, 0.3) is 5.91 Å². The Morgan fingerprint density at radius 1 is 1.33 bits per heavy atom. The van der Waals surface area contributed by atoms with E-state index in [4.69, 9.17) is 4.74 Å². The molecule has 0 aliphatic heterocycles. The molecule has 9 heteroatoms. The summed E-state index contributed by atoms with van der Waals surface area (Å²) in [6, 6.07) is 5.31. The summed E-state index contributed by atoms with van der Waals surface area (Å²) in [6.45, 7) is 1.67. The highest BCUT2D eigenvalue weighted by Crippen LogP contribution is 2.28. The van der Waals surface area contributed by atoms with Crippen molar-refractivity contribution in [2.45, 2.75) is 25.7 Å². The number of thiophene rings is 1. The molecule has 0 aliphatic rings. The van der Waals surface area contributed by atoms with E-state index in [0.717, 1.165) is 17.0 Å². The number of hydrogen-bond donors (Lipinski definition) is 1. The number of carbonyl (C=O) groups is 2. The van der Waals surface area contributed by atoms with Gasteiger partial charge in [0.15, 0.2) is 6.10 Å². The molecular weight excluding hydrogens is 345 g/mol. The molecule has 0 radical (unpaired) electrons. The highest BCUT2D eigenvalue weighted by molar-refractivity contribution is 7.09. The molecule has 1 N–H and O–H groups in total. The van der Waals surface area contributed by atoms with Crippen LogP contribution in [0.1, 0.15) is 27.9 Å². The Kier molecular flexibility index (Phi) is 5.55. The molecule has 1 amide bonds. The molecule has 2 heterocycles. The van der Waals surface area contributed by atoms with Crippen LogP contribution in [-0.4, -0.2) is 23.0 Å². The predicted molar refractivity (Wildman–Crippen MR) is 80.3 cm³/mol. The summed E-state index contributed by atoms with van der Waals surface area (Å²) in [5.74, 6) is -1.48. The molecule has 1 atom stereocenters. The van der Waals surface area contributed by atoms with Gasteiger partial charge in [0, 0.05) is 11.1 Å². The van der Waals surface area contributed by atoms with Crippen molar-refractivity contribution in [3.05, 3.63) is 52.0 Å². The molecule has 0 aliphatic carbocycles. The number of rotatable bonds is 5. The second-order valence-electron chi connectivity index (χ2n) is 4.77. The third-order valence-electron chi connectivity index (χ3n) is 2.97. The molecule has 0 spiro atoms. The lowest BCUT2D eigenvalue weighted by molar-refractivity contribution is -0.137. The lowest BCUT2D eigenvalue weighted by atomic mass is 10.2. The fourth-order valence-corrected chi connectivity index (χ4v) is 2.33. The second-order valence-corrected chi connectivity index (χ2v) is 5.81. The van der Waals surface area contributed by atoms with E-state index in [1.165, 1.54) is 18.3 Å². The highest BCUT2D eigenvalue weighted by atomic mass is 32.1. The fourth-order valence-electron chi connectivity index (χ4n) is 1.69. The third-order valence-corrected chi connectivity index (χ3v) is 3.85. The lowest BCUT2D eigenvalue weighted by Crippen LogP contribution is -2.35. The monoisotopic (exact) mass is 358 g/mol. The van der Waals surface area contributed by atoms with Gasteiger partial charge in [-0.25, -0.2) is 9.78 Å². The number of alkyl halides is 3. The van der Waals surface area contributed by atoms with E-state index in [9.17, 15) is 22.8 Å². The van der Waals surface area contributed by atoms with Crippen molar-refractivity contribution < 1.29 is 27.5 Å². The van der Waals surface area contributed by atoms with Gasteiger partial charge in [-0.2, -0.15) is 13.2 Å². The van der Waals surface area contributed by atoms with Gasteiger partial charge >= 0.3 is 12.1 Å². The van der Waals surface area contributed by atoms with Crippen LogP contribution in [0.5, 0.6) is 0 Å². The quantitative estimate of drug-likeness (QED) is 0.835. The molecule has 24 heavy (non-hydrogen) atoms. The van der Waals surface area contributed by atoms with Crippen molar-refractivity contribution in [2.75, 3.05) is 0 Å². The van der Waals surface area contributed by atoms with Gasteiger partial charge in [0.05, 0.1) is 12.1 Å². The Bertz CT molecular complexity index is 700. The van der Waals surface area contributed by atoms with Crippen LogP contribution in [0.25, 0.3) is 0 Å². The minimum atomic E-state index is -4.54. The number of hydrogen-bond acceptors (Lipinski definition) is 5. The Hall–Kier alpha value is -2.42. The average Bonchev–Trinajstić information content (AvgIpc) is 3.05. The molecule has 2 aromatic heterocycles. The Morgan fingerprint density at radius 2 is 2.08 bits per heavy atom. The van der Waals surface area contributed by atoms with Crippen molar-refractivity contribution in [2.24, 2.45) is 0 Å². The van der Waals surface area contributed by atoms with Gasteiger partial charge in [0.2, 0.25) is 0 Å². The number of nitrogens with one attached hydrogen (secondary N) is 1. The van der Waals surface area contributed by atoms with Gasteiger partial charge in [-0.1, -0.05) is 6.07 Å². The van der Waals surface area contributed by atoms with Gasteiger partial charge in [-0.3, -0.25) is 4.79 Å². The third kappa shape index (κ3) is 4.79. The predicted octanol–water partition coefficient (Wildman–Crippen LogP) is 3.02. The summed E-state index contributed by atoms with van der Waals surface area (Å²) in [4.78, 5) is 28.0. The maximum atomic E-state index is 12.4. The fraction of sp³-hybridized carbons (Fsp3) is 0.267. The molecule has 1 unspecified atom stereocenters. The lowest BCUT2D eigenvalue weighted by Gasteiger charge is -2.13. The van der Waals surface area contributed by atoms with E-state index in [1.54, 1.807) is 0 Å². The summed E-state index contributed by atoms with van der Waals surface area (Å²) >= 11 is 1.47. The van der Waals surface area contributed by atoms with Crippen molar-refractivity contribution in [3.63, 3.8) is 0 Å². The Balaban J connectivity index is 1.89. The van der Waals surface area contributed by atoms with Crippen LogP contribution >= 0.6 is 11.3 Å². The van der Waals surface area contributed by atoms with E-state index in [2.05, 4.69) is 10.3 Å². The molecule has 5 nitrogen and oxygen atoms in total. The first-order valence-electron chi connectivity index (χ1n) is 6.81. The molecule has 2 rings (SSSR count). The number of ether oxygens (including phenoxy) is 1. The Labute approximate surface area is 139 Å². The molecule has 2 aromatic rings. The van der Waals surface area contributed by atoms with E-state index in [-0.39, 0.29) is 5.69 Å². The van der Waals surface area contributed by atoms with Crippen molar-refractivity contribution in [3.8, 4) is 0 Å². The van der Waals surface area contributed by atoms with Crippen LogP contribution in [0.4, 0.5) is 13.2 Å². The van der Waals surface area contributed by atoms with Crippen molar-refractivity contribution in [1.29, 1.82) is 0 Å².